The molecule has 3 N–H and O–H groups in total. The first-order chi connectivity index (χ1) is 8.81. The molecule has 2 fully saturated rings. The van der Waals surface area contributed by atoms with E-state index in [1.165, 1.54) is 44.9 Å². The lowest BCUT2D eigenvalue weighted by Gasteiger charge is -2.24. The first-order valence-electron chi connectivity index (χ1n) is 7.81. The molecule has 19 heavy (non-hydrogen) atoms. The van der Waals surface area contributed by atoms with E-state index >= 15 is 0 Å². The number of nitrogens with two attached hydrogens (primary N) is 1. The van der Waals surface area contributed by atoms with Crippen LogP contribution in [0.1, 0.15) is 64.2 Å². The molecule has 0 radical (unpaired) electrons. The average Bonchev–Trinajstić information content (AvgIpc) is 2.75. The number of halogens is 1. The van der Waals surface area contributed by atoms with E-state index in [9.17, 15) is 4.79 Å². The molecule has 0 aromatic heterocycles. The molecule has 2 atom stereocenters. The van der Waals surface area contributed by atoms with Crippen LogP contribution in [0, 0.1) is 11.8 Å². The molecular weight excluding hydrogens is 260 g/mol. The molecule has 2 aliphatic carbocycles. The first kappa shape index (κ1) is 16.8. The summed E-state index contributed by atoms with van der Waals surface area (Å²) in [5.41, 5.74) is 5.77. The molecule has 0 spiro atoms. The van der Waals surface area contributed by atoms with Crippen molar-refractivity contribution in [3.8, 4) is 0 Å². The third-order valence-corrected chi connectivity index (χ3v) is 4.77. The van der Waals surface area contributed by atoms with Gasteiger partial charge in [0.25, 0.3) is 0 Å². The number of hydrogen-bond acceptors (Lipinski definition) is 2. The summed E-state index contributed by atoms with van der Waals surface area (Å²) in [4.78, 5) is 12.3. The van der Waals surface area contributed by atoms with Crippen LogP contribution in [-0.4, -0.2) is 18.5 Å². The van der Waals surface area contributed by atoms with Gasteiger partial charge in [0.15, 0.2) is 0 Å². The highest BCUT2D eigenvalue weighted by atomic mass is 35.5. The van der Waals surface area contributed by atoms with Gasteiger partial charge in [0.05, 0.1) is 0 Å². The minimum atomic E-state index is 0. The topological polar surface area (TPSA) is 55.1 Å². The second kappa shape index (κ2) is 8.80. The Morgan fingerprint density at radius 2 is 1.58 bits per heavy atom. The molecular formula is C15H29ClN2O. The molecule has 0 heterocycles. The molecule has 112 valence electrons. The fourth-order valence-corrected chi connectivity index (χ4v) is 3.53. The van der Waals surface area contributed by atoms with Crippen molar-refractivity contribution >= 4 is 18.3 Å². The maximum Gasteiger partial charge on any atom is 0.223 e. The summed E-state index contributed by atoms with van der Waals surface area (Å²) < 4.78 is 0. The van der Waals surface area contributed by atoms with Gasteiger partial charge in [-0.1, -0.05) is 38.5 Å². The smallest absolute Gasteiger partial charge is 0.223 e. The highest BCUT2D eigenvalue weighted by Crippen LogP contribution is 2.27. The molecule has 3 nitrogen and oxygen atoms in total. The molecule has 4 heteroatoms. The summed E-state index contributed by atoms with van der Waals surface area (Å²) in [7, 11) is 0. The van der Waals surface area contributed by atoms with E-state index in [4.69, 9.17) is 5.73 Å². The molecule has 0 saturated heterocycles. The number of carbonyl (C=O) groups excluding carboxylic acids is 1. The van der Waals surface area contributed by atoms with Crippen LogP contribution in [0.3, 0.4) is 0 Å². The molecule has 0 aliphatic heterocycles. The zero-order valence-corrected chi connectivity index (χ0v) is 12.7. The maximum absolute atomic E-state index is 12.3. The van der Waals surface area contributed by atoms with E-state index in [1.807, 2.05) is 0 Å². The SMILES string of the molecule is Cl.NCC1CCCC1NC(=O)C1CCCCCCC1. The van der Waals surface area contributed by atoms with Crippen LogP contribution in [-0.2, 0) is 4.79 Å². The van der Waals surface area contributed by atoms with Gasteiger partial charge in [-0.05, 0) is 38.1 Å². The van der Waals surface area contributed by atoms with Crippen molar-refractivity contribution in [2.75, 3.05) is 6.54 Å². The van der Waals surface area contributed by atoms with E-state index in [0.717, 1.165) is 25.8 Å². The Balaban J connectivity index is 0.00000180. The Hall–Kier alpha value is -0.280. The minimum Gasteiger partial charge on any atom is -0.353 e. The normalized spacial score (nSPS) is 29.1. The number of nitrogens with one attached hydrogen (secondary N) is 1. The summed E-state index contributed by atoms with van der Waals surface area (Å²) >= 11 is 0. The van der Waals surface area contributed by atoms with Crippen molar-refractivity contribution in [3.63, 3.8) is 0 Å². The summed E-state index contributed by atoms with van der Waals surface area (Å²) in [5, 5.41) is 3.28. The maximum atomic E-state index is 12.3. The third-order valence-electron chi connectivity index (χ3n) is 4.77. The third kappa shape index (κ3) is 4.96. The van der Waals surface area contributed by atoms with Gasteiger partial charge >= 0.3 is 0 Å². The van der Waals surface area contributed by atoms with E-state index in [1.54, 1.807) is 0 Å². The van der Waals surface area contributed by atoms with Crippen molar-refractivity contribution in [1.29, 1.82) is 0 Å². The van der Waals surface area contributed by atoms with Gasteiger partial charge in [-0.25, -0.2) is 0 Å². The van der Waals surface area contributed by atoms with Gasteiger partial charge < -0.3 is 11.1 Å². The van der Waals surface area contributed by atoms with Crippen LogP contribution in [0.25, 0.3) is 0 Å². The number of carbonyl (C=O) groups is 1. The Morgan fingerprint density at radius 1 is 0.947 bits per heavy atom. The fourth-order valence-electron chi connectivity index (χ4n) is 3.53. The van der Waals surface area contributed by atoms with Crippen LogP contribution in [0.15, 0.2) is 0 Å². The minimum absolute atomic E-state index is 0. The Labute approximate surface area is 123 Å². The number of rotatable bonds is 3. The molecule has 2 saturated carbocycles. The highest BCUT2D eigenvalue weighted by Gasteiger charge is 2.29. The van der Waals surface area contributed by atoms with E-state index in [-0.39, 0.29) is 18.3 Å². The van der Waals surface area contributed by atoms with Crippen molar-refractivity contribution < 1.29 is 4.79 Å². The number of hydrogen-bond donors (Lipinski definition) is 2. The van der Waals surface area contributed by atoms with Crippen LogP contribution in [0.4, 0.5) is 0 Å². The summed E-state index contributed by atoms with van der Waals surface area (Å²) in [5.74, 6) is 1.09. The summed E-state index contributed by atoms with van der Waals surface area (Å²) in [6.45, 7) is 0.718. The van der Waals surface area contributed by atoms with Crippen molar-refractivity contribution in [2.45, 2.75) is 70.3 Å². The lowest BCUT2D eigenvalue weighted by Crippen LogP contribution is -2.42. The number of amides is 1. The van der Waals surface area contributed by atoms with Gasteiger partial charge in [-0.15, -0.1) is 12.4 Å². The second-order valence-corrected chi connectivity index (χ2v) is 6.08. The Morgan fingerprint density at radius 3 is 2.21 bits per heavy atom. The predicted octanol–water partition coefficient (Wildman–Crippen LogP) is 3.01. The van der Waals surface area contributed by atoms with E-state index in [0.29, 0.717) is 17.9 Å². The van der Waals surface area contributed by atoms with Crippen LogP contribution >= 0.6 is 12.4 Å². The summed E-state index contributed by atoms with van der Waals surface area (Å²) in [6.07, 6.45) is 12.1. The summed E-state index contributed by atoms with van der Waals surface area (Å²) in [6, 6.07) is 0.355. The zero-order valence-electron chi connectivity index (χ0n) is 11.9. The lowest BCUT2D eigenvalue weighted by molar-refractivity contribution is -0.126. The quantitative estimate of drug-likeness (QED) is 0.839. The average molecular weight is 289 g/mol. The van der Waals surface area contributed by atoms with E-state index < -0.39 is 0 Å². The Bertz CT molecular complexity index is 265. The van der Waals surface area contributed by atoms with Crippen molar-refractivity contribution in [2.24, 2.45) is 17.6 Å². The zero-order chi connectivity index (χ0) is 12.8. The predicted molar refractivity (Wildman–Crippen MR) is 81.4 cm³/mol. The first-order valence-corrected chi connectivity index (χ1v) is 7.81. The molecule has 1 amide bonds. The molecule has 2 rings (SSSR count). The van der Waals surface area contributed by atoms with Crippen molar-refractivity contribution in [3.05, 3.63) is 0 Å². The molecule has 2 unspecified atom stereocenters. The monoisotopic (exact) mass is 288 g/mol. The van der Waals surface area contributed by atoms with E-state index in [2.05, 4.69) is 5.32 Å². The van der Waals surface area contributed by atoms with Crippen molar-refractivity contribution in [1.82, 2.24) is 5.32 Å². The molecule has 0 bridgehead atoms. The second-order valence-electron chi connectivity index (χ2n) is 6.08. The van der Waals surface area contributed by atoms with Gasteiger partial charge in [0, 0.05) is 12.0 Å². The largest absolute Gasteiger partial charge is 0.353 e. The lowest BCUT2D eigenvalue weighted by atomic mass is 9.90. The van der Waals surface area contributed by atoms with Crippen LogP contribution in [0.2, 0.25) is 0 Å². The van der Waals surface area contributed by atoms with Gasteiger partial charge in [0.1, 0.15) is 0 Å². The standard InChI is InChI=1S/C15H28N2O.ClH/c16-11-13-9-6-10-14(13)17-15(18)12-7-4-2-1-3-5-8-12;/h12-14H,1-11,16H2,(H,17,18);1H. The molecule has 2 aliphatic rings. The van der Waals surface area contributed by atoms with Crippen LogP contribution < -0.4 is 11.1 Å². The van der Waals surface area contributed by atoms with Gasteiger partial charge in [-0.2, -0.15) is 0 Å². The molecule has 0 aromatic rings. The fraction of sp³-hybridized carbons (Fsp3) is 0.933. The van der Waals surface area contributed by atoms with Gasteiger partial charge in [-0.3, -0.25) is 4.79 Å². The Kier molecular flexibility index (Phi) is 7.77. The van der Waals surface area contributed by atoms with Gasteiger partial charge in [0.2, 0.25) is 5.91 Å². The highest BCUT2D eigenvalue weighted by molar-refractivity contribution is 5.85. The van der Waals surface area contributed by atoms with Crippen LogP contribution in [0.5, 0.6) is 0 Å². The molecule has 0 aromatic carbocycles.